The molecule has 0 aromatic rings. The maximum absolute atomic E-state index is 3.66. The zero-order valence-corrected chi connectivity index (χ0v) is 14.6. The van der Waals surface area contributed by atoms with Crippen molar-refractivity contribution >= 4 is 0 Å². The molecule has 1 heteroatoms. The van der Waals surface area contributed by atoms with Gasteiger partial charge in [0.2, 0.25) is 0 Å². The summed E-state index contributed by atoms with van der Waals surface area (Å²) in [5.74, 6) is 0. The van der Waals surface area contributed by atoms with Crippen molar-refractivity contribution in [2.24, 2.45) is 0 Å². The van der Waals surface area contributed by atoms with E-state index < -0.39 is 0 Å². The van der Waals surface area contributed by atoms with E-state index in [4.69, 9.17) is 0 Å². The van der Waals surface area contributed by atoms with Gasteiger partial charge in [0.1, 0.15) is 0 Å². The minimum absolute atomic E-state index is 0. The standard InChI is InChI=1S/C6H10.C5H5.C4H9.Hf/c1-5(2)6(3)4;1-2-4-5-3-1;1-3-4-2;/h1,3H2,2,4H3;1-3H,4H2;1,3-4H2,2H3;/q;2*-1;. The molecule has 0 saturated heterocycles. The van der Waals surface area contributed by atoms with E-state index >= 15 is 0 Å². The van der Waals surface area contributed by atoms with Gasteiger partial charge in [0.05, 0.1) is 0 Å². The largest absolute Gasteiger partial charge is 0.343 e. The molecule has 0 aliphatic heterocycles. The fraction of sp³-hybridized carbons (Fsp3) is 0.400. The first kappa shape index (κ1) is 21.2. The maximum atomic E-state index is 3.66. The number of rotatable bonds is 2. The third-order valence-electron chi connectivity index (χ3n) is 1.67. The second kappa shape index (κ2) is 17.2. The molecule has 0 radical (unpaired) electrons. The molecule has 0 fully saturated rings. The zero-order chi connectivity index (χ0) is 12.1. The normalized spacial score (nSPS) is 10.2. The minimum atomic E-state index is 0. The van der Waals surface area contributed by atoms with Gasteiger partial charge in [-0.3, -0.25) is 6.08 Å². The SMILES string of the molecule is C=C(C)C(=C)C.[C-]1=CC=CC1.[CH2-]CCC.[Hf]. The van der Waals surface area contributed by atoms with Crippen molar-refractivity contribution < 1.29 is 25.8 Å². The van der Waals surface area contributed by atoms with Crippen LogP contribution in [-0.4, -0.2) is 0 Å². The van der Waals surface area contributed by atoms with E-state index in [-0.39, 0.29) is 25.8 Å². The van der Waals surface area contributed by atoms with Crippen LogP contribution in [0.1, 0.15) is 40.0 Å². The summed E-state index contributed by atoms with van der Waals surface area (Å²) >= 11 is 0. The summed E-state index contributed by atoms with van der Waals surface area (Å²) in [6.45, 7) is 16.9. The molecule has 0 amide bonds. The van der Waals surface area contributed by atoms with Crippen molar-refractivity contribution in [3.05, 3.63) is 55.5 Å². The Bertz CT molecular complexity index is 198. The predicted octanol–water partition coefficient (Wildman–Crippen LogP) is 5.06. The number of hydrogen-bond donors (Lipinski definition) is 0. The maximum Gasteiger partial charge on any atom is 0 e. The molecule has 1 aliphatic carbocycles. The van der Waals surface area contributed by atoms with Crippen LogP contribution < -0.4 is 0 Å². The first-order valence-electron chi connectivity index (χ1n) is 5.38. The number of hydrogen-bond acceptors (Lipinski definition) is 0. The van der Waals surface area contributed by atoms with E-state index in [0.717, 1.165) is 24.0 Å². The Labute approximate surface area is 121 Å². The van der Waals surface area contributed by atoms with Crippen molar-refractivity contribution in [3.63, 3.8) is 0 Å². The molecule has 0 spiro atoms. The molecule has 1 aliphatic rings. The molecule has 0 unspecified atom stereocenters. The Balaban J connectivity index is -0.000000157. The third kappa shape index (κ3) is 23.6. The van der Waals surface area contributed by atoms with Crippen LogP contribution in [0.3, 0.4) is 0 Å². The van der Waals surface area contributed by atoms with Crippen molar-refractivity contribution in [1.82, 2.24) is 0 Å². The molecular weight excluding hydrogens is 359 g/mol. The molecule has 0 saturated carbocycles. The molecule has 0 N–H and O–H groups in total. The fourth-order valence-electron chi connectivity index (χ4n) is 0.340. The van der Waals surface area contributed by atoms with Crippen LogP contribution in [0.4, 0.5) is 0 Å². The van der Waals surface area contributed by atoms with Gasteiger partial charge in [-0.25, -0.2) is 12.2 Å². The summed E-state index contributed by atoms with van der Waals surface area (Å²) in [4.78, 5) is 0. The van der Waals surface area contributed by atoms with Crippen molar-refractivity contribution in [2.75, 3.05) is 0 Å². The number of unbranched alkanes of at least 4 members (excludes halogenated alkanes) is 1. The second-order valence-corrected chi connectivity index (χ2v) is 3.42. The van der Waals surface area contributed by atoms with Gasteiger partial charge in [0.25, 0.3) is 0 Å². The van der Waals surface area contributed by atoms with E-state index in [0.29, 0.717) is 0 Å². The van der Waals surface area contributed by atoms with Crippen LogP contribution in [0.15, 0.2) is 42.5 Å². The molecular formula is C15H24Hf-2. The van der Waals surface area contributed by atoms with Gasteiger partial charge in [0.15, 0.2) is 0 Å². The van der Waals surface area contributed by atoms with Crippen molar-refractivity contribution in [2.45, 2.75) is 40.0 Å². The first-order chi connectivity index (χ1) is 7.06. The van der Waals surface area contributed by atoms with Crippen LogP contribution in [0.2, 0.25) is 0 Å². The summed E-state index contributed by atoms with van der Waals surface area (Å²) in [6, 6.07) is 0. The Kier molecular flexibility index (Phi) is 22.8. The quantitative estimate of drug-likeness (QED) is 0.355. The van der Waals surface area contributed by atoms with E-state index in [1.807, 2.05) is 26.0 Å². The summed E-state index contributed by atoms with van der Waals surface area (Å²) < 4.78 is 0. The van der Waals surface area contributed by atoms with Gasteiger partial charge in [-0.1, -0.05) is 37.6 Å². The summed E-state index contributed by atoms with van der Waals surface area (Å²) in [5.41, 5.74) is 2.13. The van der Waals surface area contributed by atoms with Gasteiger partial charge >= 0.3 is 0 Å². The Morgan fingerprint density at radius 2 is 1.75 bits per heavy atom. The van der Waals surface area contributed by atoms with E-state index in [9.17, 15) is 0 Å². The van der Waals surface area contributed by atoms with E-state index in [2.05, 4.69) is 39.2 Å². The summed E-state index contributed by atoms with van der Waals surface area (Å²) in [7, 11) is 0. The van der Waals surface area contributed by atoms with Crippen molar-refractivity contribution in [3.8, 4) is 0 Å². The molecule has 90 valence electrons. The second-order valence-electron chi connectivity index (χ2n) is 3.42. The molecule has 0 bridgehead atoms. The van der Waals surface area contributed by atoms with Crippen LogP contribution in [-0.2, 0) is 25.8 Å². The Hall–Kier alpha value is -0.170. The zero-order valence-electron chi connectivity index (χ0n) is 11.0. The fourth-order valence-corrected chi connectivity index (χ4v) is 0.340. The smallest absolute Gasteiger partial charge is 0 e. The minimum Gasteiger partial charge on any atom is -0.343 e. The van der Waals surface area contributed by atoms with Gasteiger partial charge in [-0.2, -0.15) is 12.5 Å². The van der Waals surface area contributed by atoms with E-state index in [1.165, 1.54) is 6.42 Å². The summed E-state index contributed by atoms with van der Waals surface area (Å²) in [6.07, 6.45) is 12.3. The molecule has 1 rings (SSSR count). The topological polar surface area (TPSA) is 0 Å². The van der Waals surface area contributed by atoms with Crippen LogP contribution in [0.5, 0.6) is 0 Å². The molecule has 0 aromatic carbocycles. The Morgan fingerprint density at radius 1 is 1.31 bits per heavy atom. The first-order valence-corrected chi connectivity index (χ1v) is 5.38. The third-order valence-corrected chi connectivity index (χ3v) is 1.67. The molecule has 16 heavy (non-hydrogen) atoms. The van der Waals surface area contributed by atoms with Gasteiger partial charge in [-0.15, -0.1) is 6.42 Å². The molecule has 0 heterocycles. The van der Waals surface area contributed by atoms with Crippen LogP contribution in [0, 0.1) is 13.0 Å². The predicted molar refractivity (Wildman–Crippen MR) is 71.5 cm³/mol. The van der Waals surface area contributed by atoms with E-state index in [1.54, 1.807) is 0 Å². The average molecular weight is 383 g/mol. The molecule has 0 nitrogen and oxygen atoms in total. The van der Waals surface area contributed by atoms with Crippen LogP contribution in [0.25, 0.3) is 0 Å². The van der Waals surface area contributed by atoms with Crippen LogP contribution >= 0.6 is 0 Å². The van der Waals surface area contributed by atoms with Gasteiger partial charge in [-0.05, 0) is 13.8 Å². The molecule has 0 atom stereocenters. The average Bonchev–Trinajstić information content (AvgIpc) is 2.76. The monoisotopic (exact) mass is 384 g/mol. The molecule has 0 aromatic heterocycles. The van der Waals surface area contributed by atoms with Crippen molar-refractivity contribution in [1.29, 1.82) is 0 Å². The number of allylic oxidation sites excluding steroid dienone is 6. The summed E-state index contributed by atoms with van der Waals surface area (Å²) in [5, 5.41) is 0. The van der Waals surface area contributed by atoms with Gasteiger partial charge < -0.3 is 6.92 Å². The Morgan fingerprint density at radius 3 is 1.81 bits per heavy atom. The van der Waals surface area contributed by atoms with Gasteiger partial charge in [0, 0.05) is 25.8 Å².